The predicted molar refractivity (Wildman–Crippen MR) is 174 cm³/mol. The molecule has 1 aromatic heterocycles. The van der Waals surface area contributed by atoms with Crippen LogP contribution >= 0.6 is 11.3 Å². The minimum Gasteiger partial charge on any atom is -0.135 e. The van der Waals surface area contributed by atoms with E-state index >= 15 is 0 Å². The quantitative estimate of drug-likeness (QED) is 0.205. The number of hydrogen-bond donors (Lipinski definition) is 0. The predicted octanol–water partition coefficient (Wildman–Crippen LogP) is 10.7. The lowest BCUT2D eigenvalue weighted by Crippen LogP contribution is -2.32. The van der Waals surface area contributed by atoms with Crippen LogP contribution < -0.4 is 0 Å². The molecule has 1 heteroatoms. The first kappa shape index (κ1) is 23.3. The molecule has 2 aliphatic carbocycles. The molecule has 0 amide bonds. The molecule has 0 radical (unpaired) electrons. The van der Waals surface area contributed by atoms with Crippen LogP contribution in [0.4, 0.5) is 0 Å². The Bertz CT molecular complexity index is 2120. The molecule has 0 N–H and O–H groups in total. The van der Waals surface area contributed by atoms with Crippen LogP contribution in [-0.2, 0) is 10.8 Å². The number of rotatable bonds is 2. The average Bonchev–Trinajstić information content (AvgIpc) is 3.63. The summed E-state index contributed by atoms with van der Waals surface area (Å²) < 4.78 is 2.74. The maximum absolute atomic E-state index is 2.43. The van der Waals surface area contributed by atoms with Crippen LogP contribution in [0.2, 0.25) is 0 Å². The molecule has 41 heavy (non-hydrogen) atoms. The van der Waals surface area contributed by atoms with Crippen LogP contribution in [0.15, 0.2) is 133 Å². The molecule has 0 aliphatic heterocycles. The molecule has 1 heterocycles. The molecule has 0 saturated heterocycles. The zero-order chi connectivity index (χ0) is 27.3. The second-order valence-electron chi connectivity index (χ2n) is 12.0. The Hall–Kier alpha value is -4.46. The molecule has 0 nitrogen and oxygen atoms in total. The Labute approximate surface area is 244 Å². The van der Waals surface area contributed by atoms with Gasteiger partial charge >= 0.3 is 0 Å². The van der Waals surface area contributed by atoms with Crippen molar-refractivity contribution in [1.29, 1.82) is 0 Å². The highest BCUT2D eigenvalue weighted by Gasteiger charge is 2.52. The highest BCUT2D eigenvalue weighted by molar-refractivity contribution is 7.26. The zero-order valence-corrected chi connectivity index (χ0v) is 23.9. The van der Waals surface area contributed by atoms with Crippen LogP contribution in [0.25, 0.3) is 42.4 Å². The fourth-order valence-corrected chi connectivity index (χ4v) is 9.43. The lowest BCUT2D eigenvalue weighted by Gasteiger charge is -2.38. The van der Waals surface area contributed by atoms with Crippen molar-refractivity contribution >= 4 is 31.5 Å². The summed E-state index contributed by atoms with van der Waals surface area (Å²) in [5.41, 5.74) is 13.3. The van der Waals surface area contributed by atoms with E-state index < -0.39 is 5.41 Å². The van der Waals surface area contributed by atoms with Gasteiger partial charge < -0.3 is 0 Å². The van der Waals surface area contributed by atoms with Crippen molar-refractivity contribution in [1.82, 2.24) is 0 Å². The summed E-state index contributed by atoms with van der Waals surface area (Å²) in [6.45, 7) is 4.85. The molecular weight excluding hydrogens is 513 g/mol. The minimum absolute atomic E-state index is 0.132. The van der Waals surface area contributed by atoms with Gasteiger partial charge in [0.25, 0.3) is 0 Å². The van der Waals surface area contributed by atoms with Crippen molar-refractivity contribution in [2.75, 3.05) is 0 Å². The SMILES string of the molecule is CC1(C)c2ccccc2-c2ccc3c(c21)C(c1ccccc1)(c1ccccc1)c1c-3ccc2c1sc1ccccc12. The van der Waals surface area contributed by atoms with Crippen molar-refractivity contribution in [3.63, 3.8) is 0 Å². The summed E-state index contributed by atoms with van der Waals surface area (Å²) in [5, 5.41) is 2.70. The molecule has 0 unspecified atom stereocenters. The van der Waals surface area contributed by atoms with Gasteiger partial charge in [0, 0.05) is 25.6 Å². The summed E-state index contributed by atoms with van der Waals surface area (Å²) in [6.07, 6.45) is 0. The fraction of sp³-hybridized carbons (Fsp3) is 0.100. The van der Waals surface area contributed by atoms with Crippen molar-refractivity contribution in [3.8, 4) is 22.3 Å². The van der Waals surface area contributed by atoms with Crippen molar-refractivity contribution in [2.45, 2.75) is 24.7 Å². The largest absolute Gasteiger partial charge is 0.135 e. The van der Waals surface area contributed by atoms with Gasteiger partial charge in [-0.15, -0.1) is 11.3 Å². The Balaban J connectivity index is 1.54. The first-order chi connectivity index (χ1) is 20.1. The second kappa shape index (κ2) is 8.06. The molecule has 194 valence electrons. The van der Waals surface area contributed by atoms with Crippen molar-refractivity contribution < 1.29 is 0 Å². The third-order valence-electron chi connectivity index (χ3n) is 9.72. The van der Waals surface area contributed by atoms with Crippen LogP contribution in [0, 0.1) is 0 Å². The van der Waals surface area contributed by atoms with Crippen LogP contribution in [0.1, 0.15) is 47.2 Å². The zero-order valence-electron chi connectivity index (χ0n) is 23.1. The van der Waals surface area contributed by atoms with Gasteiger partial charge in [-0.05, 0) is 61.7 Å². The summed E-state index contributed by atoms with van der Waals surface area (Å²) >= 11 is 1.95. The van der Waals surface area contributed by atoms with E-state index in [-0.39, 0.29) is 5.41 Å². The topological polar surface area (TPSA) is 0 Å². The lowest BCUT2D eigenvalue weighted by atomic mass is 9.64. The monoisotopic (exact) mass is 540 g/mol. The third-order valence-corrected chi connectivity index (χ3v) is 10.9. The van der Waals surface area contributed by atoms with Gasteiger partial charge in [0.1, 0.15) is 0 Å². The van der Waals surface area contributed by atoms with Gasteiger partial charge in [0.2, 0.25) is 0 Å². The lowest BCUT2D eigenvalue weighted by molar-refractivity contribution is 0.634. The molecule has 0 bridgehead atoms. The van der Waals surface area contributed by atoms with Crippen LogP contribution in [0.3, 0.4) is 0 Å². The third kappa shape index (κ3) is 2.80. The highest BCUT2D eigenvalue weighted by atomic mass is 32.1. The molecule has 0 fully saturated rings. The molecular formula is C40H28S. The molecule has 6 aromatic carbocycles. The van der Waals surface area contributed by atoms with Gasteiger partial charge in [-0.3, -0.25) is 0 Å². The van der Waals surface area contributed by atoms with Gasteiger partial charge in [-0.1, -0.05) is 141 Å². The Morgan fingerprint density at radius 1 is 0.439 bits per heavy atom. The number of hydrogen-bond acceptors (Lipinski definition) is 1. The number of fused-ring (bicyclic) bond motifs is 11. The average molecular weight is 541 g/mol. The Morgan fingerprint density at radius 2 is 1.00 bits per heavy atom. The summed E-state index contributed by atoms with van der Waals surface area (Å²) in [6, 6.07) is 50.1. The van der Waals surface area contributed by atoms with E-state index in [0.717, 1.165) is 0 Å². The smallest absolute Gasteiger partial charge is 0.0730 e. The van der Waals surface area contributed by atoms with E-state index in [9.17, 15) is 0 Å². The molecule has 7 aromatic rings. The first-order valence-electron chi connectivity index (χ1n) is 14.5. The number of benzene rings is 6. The van der Waals surface area contributed by atoms with Crippen LogP contribution in [0.5, 0.6) is 0 Å². The normalized spacial score (nSPS) is 15.5. The van der Waals surface area contributed by atoms with E-state index in [4.69, 9.17) is 0 Å². The van der Waals surface area contributed by atoms with Crippen LogP contribution in [-0.4, -0.2) is 0 Å². The minimum atomic E-state index is -0.446. The van der Waals surface area contributed by atoms with Crippen molar-refractivity contribution in [2.24, 2.45) is 0 Å². The maximum Gasteiger partial charge on any atom is 0.0730 e. The van der Waals surface area contributed by atoms with Gasteiger partial charge in [-0.25, -0.2) is 0 Å². The molecule has 0 saturated carbocycles. The van der Waals surface area contributed by atoms with Gasteiger partial charge in [-0.2, -0.15) is 0 Å². The van der Waals surface area contributed by atoms with Gasteiger partial charge in [0.15, 0.2) is 0 Å². The Morgan fingerprint density at radius 3 is 1.73 bits per heavy atom. The van der Waals surface area contributed by atoms with E-state index in [0.29, 0.717) is 0 Å². The summed E-state index contributed by atoms with van der Waals surface area (Å²) in [5.74, 6) is 0. The summed E-state index contributed by atoms with van der Waals surface area (Å²) in [7, 11) is 0. The highest BCUT2D eigenvalue weighted by Crippen LogP contribution is 2.64. The Kier molecular flexibility index (Phi) is 4.57. The second-order valence-corrected chi connectivity index (χ2v) is 13.1. The van der Waals surface area contributed by atoms with Gasteiger partial charge in [0.05, 0.1) is 5.41 Å². The molecule has 0 spiro atoms. The van der Waals surface area contributed by atoms with E-state index in [1.54, 1.807) is 0 Å². The van der Waals surface area contributed by atoms with E-state index in [1.807, 2.05) is 11.3 Å². The van der Waals surface area contributed by atoms with E-state index in [2.05, 4.69) is 147 Å². The maximum atomic E-state index is 2.43. The van der Waals surface area contributed by atoms with Crippen molar-refractivity contribution in [3.05, 3.63) is 167 Å². The fourth-order valence-electron chi connectivity index (χ4n) is 8.12. The molecule has 0 atom stereocenters. The first-order valence-corrected chi connectivity index (χ1v) is 15.3. The molecule has 2 aliphatic rings. The molecule has 9 rings (SSSR count). The van der Waals surface area contributed by atoms with E-state index in [1.165, 1.54) is 75.8 Å². The summed E-state index contributed by atoms with van der Waals surface area (Å²) in [4.78, 5) is 0. The standard InChI is InChI=1S/C40H28S/c1-39(2)33-19-11-9-17-27(33)29-21-22-30-31-23-24-32-28-18-10-12-20-34(28)41-38(32)37(31)40(36(30)35(29)39,25-13-5-3-6-14-25)26-15-7-4-8-16-26/h3-24H,1-2H3. The number of thiophene rings is 1.